The molecule has 0 fully saturated rings. The highest BCUT2D eigenvalue weighted by Gasteiger charge is 2.56. The molecule has 1 spiro atoms. The van der Waals surface area contributed by atoms with Crippen molar-refractivity contribution in [3.05, 3.63) is 226 Å². The molecule has 368 valence electrons. The van der Waals surface area contributed by atoms with E-state index in [0.717, 1.165) is 17.1 Å². The number of rotatable bonds is 3. The molecule has 3 nitrogen and oxygen atoms in total. The molecule has 0 atom stereocenters. The number of nitrogens with zero attached hydrogens (tertiary/aromatic N) is 3. The van der Waals surface area contributed by atoms with Gasteiger partial charge >= 0.3 is 6.85 Å². The van der Waals surface area contributed by atoms with Gasteiger partial charge in [-0.05, 0) is 154 Å². The summed E-state index contributed by atoms with van der Waals surface area (Å²) in [6.07, 6.45) is 0. The molecule has 0 saturated heterocycles. The van der Waals surface area contributed by atoms with Crippen molar-refractivity contribution in [2.24, 2.45) is 0 Å². The second-order valence-electron chi connectivity index (χ2n) is 26.2. The van der Waals surface area contributed by atoms with Crippen molar-refractivity contribution in [2.45, 2.75) is 110 Å². The summed E-state index contributed by atoms with van der Waals surface area (Å²) in [5.74, 6) is 0. The van der Waals surface area contributed by atoms with Gasteiger partial charge in [-0.15, -0.1) is 0 Å². The maximum atomic E-state index is 2.79. The van der Waals surface area contributed by atoms with Gasteiger partial charge in [0, 0.05) is 50.5 Å². The molecule has 9 aromatic carbocycles. The Morgan fingerprint density at radius 1 is 0.387 bits per heavy atom. The lowest BCUT2D eigenvalue weighted by Crippen LogP contribution is -2.62. The van der Waals surface area contributed by atoms with Crippen molar-refractivity contribution < 1.29 is 0 Å². The second-order valence-corrected chi connectivity index (χ2v) is 26.2. The first-order valence-corrected chi connectivity index (χ1v) is 27.3. The minimum Gasteiger partial charge on any atom is -0.376 e. The number of anilines is 5. The van der Waals surface area contributed by atoms with Crippen LogP contribution >= 0.6 is 0 Å². The van der Waals surface area contributed by atoms with Crippen molar-refractivity contribution in [3.8, 4) is 27.9 Å². The Bertz CT molecular complexity index is 3940. The number of fused-ring (bicyclic) bond motifs is 16. The second kappa shape index (κ2) is 15.3. The Morgan fingerprint density at radius 2 is 0.893 bits per heavy atom. The molecule has 4 heteroatoms. The van der Waals surface area contributed by atoms with Crippen molar-refractivity contribution in [3.63, 3.8) is 0 Å². The predicted molar refractivity (Wildman–Crippen MR) is 320 cm³/mol. The molecule has 4 heterocycles. The Labute approximate surface area is 444 Å². The molecular formula is C71H66BN3. The third kappa shape index (κ3) is 6.35. The van der Waals surface area contributed by atoms with E-state index < -0.39 is 5.41 Å². The maximum absolute atomic E-state index is 2.79. The Balaban J connectivity index is 1.15. The SMILES string of the molecule is CC(C)(C)c1ccc(N(c2ccc(C(C)(C)C)cc2)c2cc3c4c(c2)-n2c5ccc(C(C)(C)C)cc5c5cc(C(C)(C)C)cc(c52)B4N2c4ccccc4C4(c5ccccc5-c5ccccc54)c4cccc-3c42)cc1. The molecule has 0 N–H and O–H groups in total. The quantitative estimate of drug-likeness (QED) is 0.164. The summed E-state index contributed by atoms with van der Waals surface area (Å²) in [5.41, 5.74) is 27.8. The van der Waals surface area contributed by atoms with Gasteiger partial charge in [-0.3, -0.25) is 0 Å². The van der Waals surface area contributed by atoms with Crippen LogP contribution in [0.3, 0.4) is 0 Å². The fraction of sp³-hybridized carbons (Fsp3) is 0.239. The highest BCUT2D eigenvalue weighted by atomic mass is 15.2. The van der Waals surface area contributed by atoms with Gasteiger partial charge in [0.05, 0.1) is 16.4 Å². The fourth-order valence-corrected chi connectivity index (χ4v) is 13.7. The molecule has 0 saturated carbocycles. The zero-order valence-corrected chi connectivity index (χ0v) is 45.7. The van der Waals surface area contributed by atoms with Crippen LogP contribution < -0.4 is 20.6 Å². The minimum atomic E-state index is -0.533. The van der Waals surface area contributed by atoms with E-state index in [1.807, 2.05) is 0 Å². The average molecular weight is 972 g/mol. The van der Waals surface area contributed by atoms with Gasteiger partial charge in [0.2, 0.25) is 0 Å². The summed E-state index contributed by atoms with van der Waals surface area (Å²) in [4.78, 5) is 5.31. The highest BCUT2D eigenvalue weighted by molar-refractivity contribution is 6.93. The lowest BCUT2D eigenvalue weighted by Gasteiger charge is -2.51. The van der Waals surface area contributed by atoms with Gasteiger partial charge in [-0.2, -0.15) is 0 Å². The molecule has 0 unspecified atom stereocenters. The number of benzene rings is 9. The fourth-order valence-electron chi connectivity index (χ4n) is 13.7. The van der Waals surface area contributed by atoms with Crippen molar-refractivity contribution >= 4 is 68.0 Å². The van der Waals surface area contributed by atoms with E-state index in [9.17, 15) is 0 Å². The topological polar surface area (TPSA) is 11.4 Å². The molecule has 0 amide bonds. The standard InChI is InChI=1S/C71H66BN3/c1-67(2,3)43-28-33-47(34-29-43)73(48-35-30-44(31-36-48)68(4,5)6)49-41-54-52-22-19-26-59-65(52)75(62-27-18-17-25-58(62)71(59)56-23-15-13-20-50(56)51-21-14-16-24-57(51)71)72-60-40-46(70(10,11)12)39-55-53-38-45(69(7,8)9)32-37-61(53)74(66(55)60)63(42-49)64(54)72/h13-42H,1-12H3. The van der Waals surface area contributed by atoms with E-state index in [4.69, 9.17) is 0 Å². The molecule has 10 aromatic rings. The molecule has 0 radical (unpaired) electrons. The van der Waals surface area contributed by atoms with Gasteiger partial charge in [-0.25, -0.2) is 0 Å². The third-order valence-electron chi connectivity index (χ3n) is 17.6. The lowest BCUT2D eigenvalue weighted by atomic mass is 9.42. The van der Waals surface area contributed by atoms with Crippen molar-refractivity contribution in [2.75, 3.05) is 9.71 Å². The molecular weight excluding hydrogens is 906 g/mol. The Hall–Kier alpha value is -7.56. The van der Waals surface area contributed by atoms with E-state index in [1.165, 1.54) is 117 Å². The van der Waals surface area contributed by atoms with Crippen LogP contribution in [0.1, 0.15) is 128 Å². The molecule has 1 aromatic heterocycles. The number of aromatic nitrogens is 1. The van der Waals surface area contributed by atoms with Crippen molar-refractivity contribution in [1.29, 1.82) is 0 Å². The monoisotopic (exact) mass is 972 g/mol. The van der Waals surface area contributed by atoms with E-state index in [0.29, 0.717) is 0 Å². The van der Waals surface area contributed by atoms with E-state index >= 15 is 0 Å². The summed E-state index contributed by atoms with van der Waals surface area (Å²) in [7, 11) is 0. The molecule has 0 bridgehead atoms. The smallest absolute Gasteiger partial charge is 0.333 e. The lowest BCUT2D eigenvalue weighted by molar-refractivity contribution is 0.590. The largest absolute Gasteiger partial charge is 0.376 e. The van der Waals surface area contributed by atoms with Crippen LogP contribution in [0.5, 0.6) is 0 Å². The number of hydrogen-bond donors (Lipinski definition) is 0. The van der Waals surface area contributed by atoms with Gasteiger partial charge < -0.3 is 14.3 Å². The molecule has 1 aliphatic carbocycles. The van der Waals surface area contributed by atoms with Crippen LogP contribution in [-0.2, 0) is 27.1 Å². The number of hydrogen-bond acceptors (Lipinski definition) is 2. The normalized spacial score (nSPS) is 14.7. The zero-order chi connectivity index (χ0) is 51.9. The summed E-state index contributed by atoms with van der Waals surface area (Å²) in [6, 6.07) is 71.3. The molecule has 3 aliphatic heterocycles. The van der Waals surface area contributed by atoms with Crippen LogP contribution in [0.25, 0.3) is 49.7 Å². The van der Waals surface area contributed by atoms with Gasteiger partial charge in [0.15, 0.2) is 0 Å². The predicted octanol–water partition coefficient (Wildman–Crippen LogP) is 17.4. The number of para-hydroxylation sites is 2. The molecule has 4 aliphatic rings. The third-order valence-corrected chi connectivity index (χ3v) is 17.6. The Kier molecular flexibility index (Phi) is 9.38. The van der Waals surface area contributed by atoms with Gasteiger partial charge in [0.1, 0.15) is 0 Å². The highest BCUT2D eigenvalue weighted by Crippen LogP contribution is 2.65. The summed E-state index contributed by atoms with van der Waals surface area (Å²) < 4.78 is 2.66. The first-order valence-electron chi connectivity index (χ1n) is 27.3. The van der Waals surface area contributed by atoms with Gasteiger partial charge in [-0.1, -0.05) is 204 Å². The Morgan fingerprint density at radius 3 is 1.48 bits per heavy atom. The summed E-state index contributed by atoms with van der Waals surface area (Å²) in [5, 5.41) is 2.63. The van der Waals surface area contributed by atoms with Crippen LogP contribution in [-0.4, -0.2) is 11.4 Å². The van der Waals surface area contributed by atoms with Crippen LogP contribution in [0, 0.1) is 0 Å². The first-order chi connectivity index (χ1) is 35.7. The van der Waals surface area contributed by atoms with Gasteiger partial charge in [0.25, 0.3) is 0 Å². The van der Waals surface area contributed by atoms with Crippen LogP contribution in [0.2, 0.25) is 0 Å². The van der Waals surface area contributed by atoms with Crippen molar-refractivity contribution in [1.82, 2.24) is 4.57 Å². The minimum absolute atomic E-state index is 0.0191. The first kappa shape index (κ1) is 46.0. The van der Waals surface area contributed by atoms with E-state index in [2.05, 4.69) is 279 Å². The summed E-state index contributed by atoms with van der Waals surface area (Å²) >= 11 is 0. The van der Waals surface area contributed by atoms with Crippen LogP contribution in [0.4, 0.5) is 28.4 Å². The van der Waals surface area contributed by atoms with E-state index in [1.54, 1.807) is 0 Å². The zero-order valence-electron chi connectivity index (χ0n) is 45.7. The molecule has 14 rings (SSSR count). The maximum Gasteiger partial charge on any atom is 0.333 e. The molecule has 75 heavy (non-hydrogen) atoms. The summed E-state index contributed by atoms with van der Waals surface area (Å²) in [6.45, 7) is 27.9. The van der Waals surface area contributed by atoms with E-state index in [-0.39, 0.29) is 28.5 Å². The average Bonchev–Trinajstić information content (AvgIpc) is 3.87. The van der Waals surface area contributed by atoms with Crippen LogP contribution in [0.15, 0.2) is 182 Å².